The number of carboxylic acids is 1. The Balaban J connectivity index is 2.20. The molecule has 0 bridgehead atoms. The summed E-state index contributed by atoms with van der Waals surface area (Å²) in [6, 6.07) is 6.56. The number of ether oxygens (including phenoxy) is 1. The molecule has 2 rings (SSSR count). The van der Waals surface area contributed by atoms with Gasteiger partial charge in [-0.2, -0.15) is 0 Å². The van der Waals surface area contributed by atoms with Gasteiger partial charge in [0.05, 0.1) is 15.6 Å². The molecule has 0 spiro atoms. The van der Waals surface area contributed by atoms with E-state index in [1.807, 2.05) is 0 Å². The Kier molecular flexibility index (Phi) is 5.08. The standard InChI is InChI=1S/C14H8BrCl2FO3/c15-10-4-12(17)13(5-11(10)16)21-6-7-1-8(14(19)20)3-9(18)2-7/h1-5H,6H2,(H,19,20). The molecule has 0 saturated heterocycles. The van der Waals surface area contributed by atoms with Crippen LogP contribution in [0, 0.1) is 5.82 Å². The first-order chi connectivity index (χ1) is 9.86. The Labute approximate surface area is 138 Å². The van der Waals surface area contributed by atoms with Gasteiger partial charge in [0, 0.05) is 10.5 Å². The first-order valence-electron chi connectivity index (χ1n) is 5.67. The van der Waals surface area contributed by atoms with Crippen molar-refractivity contribution in [3.05, 3.63) is 61.8 Å². The average Bonchev–Trinajstić information content (AvgIpc) is 2.40. The van der Waals surface area contributed by atoms with Crippen LogP contribution in [0.25, 0.3) is 0 Å². The number of hydrogen-bond donors (Lipinski definition) is 1. The molecule has 2 aromatic carbocycles. The van der Waals surface area contributed by atoms with Crippen LogP contribution in [0.5, 0.6) is 5.75 Å². The van der Waals surface area contributed by atoms with Crippen LogP contribution < -0.4 is 4.74 Å². The van der Waals surface area contributed by atoms with Gasteiger partial charge in [0.1, 0.15) is 18.2 Å². The Morgan fingerprint density at radius 3 is 2.57 bits per heavy atom. The van der Waals surface area contributed by atoms with E-state index in [1.54, 1.807) is 6.07 Å². The summed E-state index contributed by atoms with van der Waals surface area (Å²) in [4.78, 5) is 10.9. The lowest BCUT2D eigenvalue weighted by atomic mass is 10.1. The normalized spacial score (nSPS) is 10.5. The number of aromatic carboxylic acids is 1. The molecule has 0 amide bonds. The summed E-state index contributed by atoms with van der Waals surface area (Å²) < 4.78 is 19.4. The van der Waals surface area contributed by atoms with Crippen molar-refractivity contribution in [2.24, 2.45) is 0 Å². The predicted octanol–water partition coefficient (Wildman–Crippen LogP) is 5.17. The van der Waals surface area contributed by atoms with E-state index in [2.05, 4.69) is 15.9 Å². The van der Waals surface area contributed by atoms with Gasteiger partial charge in [-0.1, -0.05) is 23.2 Å². The van der Waals surface area contributed by atoms with Gasteiger partial charge in [-0.3, -0.25) is 0 Å². The second-order valence-electron chi connectivity index (χ2n) is 4.14. The lowest BCUT2D eigenvalue weighted by molar-refractivity contribution is 0.0696. The lowest BCUT2D eigenvalue weighted by Gasteiger charge is -2.10. The fourth-order valence-electron chi connectivity index (χ4n) is 1.63. The number of benzene rings is 2. The summed E-state index contributed by atoms with van der Waals surface area (Å²) in [7, 11) is 0. The fraction of sp³-hybridized carbons (Fsp3) is 0.0714. The first-order valence-corrected chi connectivity index (χ1v) is 7.22. The average molecular weight is 394 g/mol. The van der Waals surface area contributed by atoms with Crippen molar-refractivity contribution in [3.63, 3.8) is 0 Å². The zero-order chi connectivity index (χ0) is 15.6. The van der Waals surface area contributed by atoms with Gasteiger partial charge in [-0.05, 0) is 45.8 Å². The molecular weight excluding hydrogens is 386 g/mol. The molecule has 0 aliphatic rings. The van der Waals surface area contributed by atoms with E-state index in [-0.39, 0.29) is 12.2 Å². The van der Waals surface area contributed by atoms with Gasteiger partial charge in [-0.15, -0.1) is 0 Å². The quantitative estimate of drug-likeness (QED) is 0.728. The maximum Gasteiger partial charge on any atom is 0.335 e. The third kappa shape index (κ3) is 4.09. The molecule has 0 aromatic heterocycles. The van der Waals surface area contributed by atoms with E-state index < -0.39 is 11.8 Å². The highest BCUT2D eigenvalue weighted by atomic mass is 79.9. The molecule has 1 N–H and O–H groups in total. The van der Waals surface area contributed by atoms with E-state index in [9.17, 15) is 9.18 Å². The highest BCUT2D eigenvalue weighted by Gasteiger charge is 2.10. The number of halogens is 4. The number of rotatable bonds is 4. The second-order valence-corrected chi connectivity index (χ2v) is 5.81. The summed E-state index contributed by atoms with van der Waals surface area (Å²) in [5.74, 6) is -1.53. The second kappa shape index (κ2) is 6.64. The first kappa shape index (κ1) is 16.1. The SMILES string of the molecule is O=C(O)c1cc(F)cc(COc2cc(Cl)c(Br)cc2Cl)c1. The van der Waals surface area contributed by atoms with Gasteiger partial charge >= 0.3 is 5.97 Å². The van der Waals surface area contributed by atoms with Gasteiger partial charge in [-0.25, -0.2) is 9.18 Å². The summed E-state index contributed by atoms with van der Waals surface area (Å²) in [5, 5.41) is 9.63. The fourth-order valence-corrected chi connectivity index (χ4v) is 2.48. The molecule has 3 nitrogen and oxygen atoms in total. The Morgan fingerprint density at radius 1 is 1.19 bits per heavy atom. The van der Waals surface area contributed by atoms with E-state index in [1.165, 1.54) is 18.2 Å². The van der Waals surface area contributed by atoms with Crippen LogP contribution in [0.4, 0.5) is 4.39 Å². The zero-order valence-electron chi connectivity index (χ0n) is 10.4. The zero-order valence-corrected chi connectivity index (χ0v) is 13.5. The van der Waals surface area contributed by atoms with Crippen molar-refractivity contribution < 1.29 is 19.0 Å². The minimum atomic E-state index is -1.21. The van der Waals surface area contributed by atoms with Crippen LogP contribution in [-0.2, 0) is 6.61 Å². The van der Waals surface area contributed by atoms with Crippen LogP contribution in [0.15, 0.2) is 34.8 Å². The monoisotopic (exact) mass is 392 g/mol. The van der Waals surface area contributed by atoms with Crippen molar-refractivity contribution >= 4 is 45.1 Å². The number of hydrogen-bond acceptors (Lipinski definition) is 2. The molecule has 0 saturated carbocycles. The molecular formula is C14H8BrCl2FO3. The molecule has 2 aromatic rings. The molecule has 21 heavy (non-hydrogen) atoms. The van der Waals surface area contributed by atoms with E-state index >= 15 is 0 Å². The van der Waals surface area contributed by atoms with Crippen molar-refractivity contribution in [1.82, 2.24) is 0 Å². The van der Waals surface area contributed by atoms with Crippen LogP contribution in [0.2, 0.25) is 10.0 Å². The predicted molar refractivity (Wildman–Crippen MR) is 81.9 cm³/mol. The van der Waals surface area contributed by atoms with Crippen molar-refractivity contribution in [2.75, 3.05) is 0 Å². The van der Waals surface area contributed by atoms with Gasteiger partial charge in [0.25, 0.3) is 0 Å². The maximum absolute atomic E-state index is 13.3. The highest BCUT2D eigenvalue weighted by molar-refractivity contribution is 9.10. The summed E-state index contributed by atoms with van der Waals surface area (Å²) in [6.07, 6.45) is 0. The maximum atomic E-state index is 13.3. The van der Waals surface area contributed by atoms with Crippen molar-refractivity contribution in [3.8, 4) is 5.75 Å². The minimum absolute atomic E-state index is 0.0320. The number of carbonyl (C=O) groups is 1. The van der Waals surface area contributed by atoms with Crippen LogP contribution >= 0.6 is 39.1 Å². The summed E-state index contributed by atoms with van der Waals surface area (Å²) in [5.41, 5.74) is 0.232. The van der Waals surface area contributed by atoms with Gasteiger partial charge < -0.3 is 9.84 Å². The van der Waals surface area contributed by atoms with Gasteiger partial charge in [0.2, 0.25) is 0 Å². The molecule has 0 atom stereocenters. The molecule has 0 aliphatic heterocycles. The van der Waals surface area contributed by atoms with Crippen LogP contribution in [-0.4, -0.2) is 11.1 Å². The van der Waals surface area contributed by atoms with Gasteiger partial charge in [0.15, 0.2) is 0 Å². The summed E-state index contributed by atoms with van der Waals surface area (Å²) >= 11 is 15.2. The molecule has 0 radical (unpaired) electrons. The van der Waals surface area contributed by atoms with E-state index in [0.717, 1.165) is 6.07 Å². The van der Waals surface area contributed by atoms with Crippen LogP contribution in [0.1, 0.15) is 15.9 Å². The summed E-state index contributed by atoms with van der Waals surface area (Å²) in [6.45, 7) is -0.0320. The van der Waals surface area contributed by atoms with E-state index in [4.69, 9.17) is 33.0 Å². The Bertz CT molecular complexity index is 707. The third-order valence-electron chi connectivity index (χ3n) is 2.57. The van der Waals surface area contributed by atoms with Crippen LogP contribution in [0.3, 0.4) is 0 Å². The van der Waals surface area contributed by atoms with Crippen molar-refractivity contribution in [2.45, 2.75) is 6.61 Å². The Morgan fingerprint density at radius 2 is 1.90 bits per heavy atom. The minimum Gasteiger partial charge on any atom is -0.487 e. The van der Waals surface area contributed by atoms with E-state index in [0.29, 0.717) is 25.8 Å². The Hall–Kier alpha value is -1.30. The topological polar surface area (TPSA) is 46.5 Å². The van der Waals surface area contributed by atoms with Crippen molar-refractivity contribution in [1.29, 1.82) is 0 Å². The largest absolute Gasteiger partial charge is 0.487 e. The number of carboxylic acid groups (broad SMARTS) is 1. The molecule has 0 aliphatic carbocycles. The smallest absolute Gasteiger partial charge is 0.335 e. The lowest BCUT2D eigenvalue weighted by Crippen LogP contribution is -2.02. The molecule has 110 valence electrons. The molecule has 0 unspecified atom stereocenters. The molecule has 7 heteroatoms. The molecule has 0 fully saturated rings. The third-order valence-corrected chi connectivity index (χ3v) is 4.07. The highest BCUT2D eigenvalue weighted by Crippen LogP contribution is 2.34. The molecule has 0 heterocycles.